The monoisotopic (exact) mass is 253 g/mol. The van der Waals surface area contributed by atoms with Crippen LogP contribution in [-0.4, -0.2) is 26.0 Å². The molecule has 1 aliphatic rings. The Hall–Kier alpha value is -1.03. The first-order valence-electron chi connectivity index (χ1n) is 6.15. The predicted molar refractivity (Wildman–Crippen MR) is 71.1 cm³/mol. The quantitative estimate of drug-likeness (QED) is 0.898. The lowest BCUT2D eigenvalue weighted by Crippen LogP contribution is -2.34. The molecule has 0 aliphatic carbocycles. The van der Waals surface area contributed by atoms with Gasteiger partial charge < -0.3 is 5.32 Å². The molecular weight excluding hydrogens is 234 g/mol. The van der Waals surface area contributed by atoms with Gasteiger partial charge in [0.25, 0.3) is 0 Å². The summed E-state index contributed by atoms with van der Waals surface area (Å²) in [7, 11) is -2.83. The first-order valence-corrected chi connectivity index (χ1v) is 7.97. The van der Waals surface area contributed by atoms with Crippen LogP contribution in [-0.2, 0) is 16.3 Å². The lowest BCUT2D eigenvalue weighted by atomic mass is 10.1. The predicted octanol–water partition coefficient (Wildman–Crippen LogP) is 2.24. The lowest BCUT2D eigenvalue weighted by molar-refractivity contribution is 0.562. The second-order valence-electron chi connectivity index (χ2n) is 4.65. The summed E-state index contributed by atoms with van der Waals surface area (Å²) < 4.78 is 23.1. The molecule has 1 saturated heterocycles. The Morgan fingerprint density at radius 3 is 2.94 bits per heavy atom. The van der Waals surface area contributed by atoms with Crippen molar-refractivity contribution in [2.45, 2.75) is 32.2 Å². The minimum atomic E-state index is -2.83. The Labute approximate surface area is 103 Å². The Balaban J connectivity index is 2.05. The van der Waals surface area contributed by atoms with Crippen LogP contribution in [0.2, 0.25) is 0 Å². The van der Waals surface area contributed by atoms with E-state index in [9.17, 15) is 8.42 Å². The number of hydrogen-bond donors (Lipinski definition) is 1. The highest BCUT2D eigenvalue weighted by Gasteiger charge is 2.24. The SMILES string of the molecule is CCc1cccc(NC2CCCS(=O)(=O)C2)c1. The largest absolute Gasteiger partial charge is 0.381 e. The summed E-state index contributed by atoms with van der Waals surface area (Å²) >= 11 is 0. The van der Waals surface area contributed by atoms with Crippen LogP contribution >= 0.6 is 0 Å². The summed E-state index contributed by atoms with van der Waals surface area (Å²) in [5.41, 5.74) is 2.31. The van der Waals surface area contributed by atoms with E-state index >= 15 is 0 Å². The first-order chi connectivity index (χ1) is 8.09. The van der Waals surface area contributed by atoms with E-state index in [0.717, 1.165) is 24.9 Å². The summed E-state index contributed by atoms with van der Waals surface area (Å²) in [5.74, 6) is 0.615. The van der Waals surface area contributed by atoms with Crippen LogP contribution in [0.1, 0.15) is 25.3 Å². The molecule has 0 amide bonds. The van der Waals surface area contributed by atoms with Crippen molar-refractivity contribution in [3.63, 3.8) is 0 Å². The van der Waals surface area contributed by atoms with Crippen LogP contribution in [0.3, 0.4) is 0 Å². The fourth-order valence-electron chi connectivity index (χ4n) is 2.25. The number of sulfone groups is 1. The van der Waals surface area contributed by atoms with Gasteiger partial charge in [0.05, 0.1) is 11.5 Å². The highest BCUT2D eigenvalue weighted by Crippen LogP contribution is 2.18. The first kappa shape index (κ1) is 12.4. The molecule has 0 radical (unpaired) electrons. The molecule has 17 heavy (non-hydrogen) atoms. The molecule has 0 spiro atoms. The van der Waals surface area contributed by atoms with Gasteiger partial charge in [-0.2, -0.15) is 0 Å². The molecule has 0 bridgehead atoms. The smallest absolute Gasteiger partial charge is 0.152 e. The fourth-order valence-corrected chi connectivity index (χ4v) is 3.89. The number of benzene rings is 1. The molecule has 1 N–H and O–H groups in total. The number of hydrogen-bond acceptors (Lipinski definition) is 3. The molecular formula is C13H19NO2S. The molecule has 94 valence electrons. The Bertz CT molecular complexity index is 482. The zero-order chi connectivity index (χ0) is 12.3. The van der Waals surface area contributed by atoms with Gasteiger partial charge in [0, 0.05) is 11.7 Å². The fraction of sp³-hybridized carbons (Fsp3) is 0.538. The van der Waals surface area contributed by atoms with E-state index in [1.807, 2.05) is 12.1 Å². The Kier molecular flexibility index (Phi) is 3.72. The standard InChI is InChI=1S/C13H19NO2S/c1-2-11-5-3-6-12(9-11)14-13-7-4-8-17(15,16)10-13/h3,5-6,9,13-14H,2,4,7-8,10H2,1H3. The second-order valence-corrected chi connectivity index (χ2v) is 6.88. The lowest BCUT2D eigenvalue weighted by Gasteiger charge is -2.24. The minimum Gasteiger partial charge on any atom is -0.381 e. The van der Waals surface area contributed by atoms with Crippen LogP contribution < -0.4 is 5.32 Å². The van der Waals surface area contributed by atoms with E-state index in [1.54, 1.807) is 0 Å². The molecule has 1 fully saturated rings. The van der Waals surface area contributed by atoms with Gasteiger partial charge in [-0.1, -0.05) is 19.1 Å². The Morgan fingerprint density at radius 1 is 1.41 bits per heavy atom. The van der Waals surface area contributed by atoms with Crippen molar-refractivity contribution in [3.8, 4) is 0 Å². The van der Waals surface area contributed by atoms with Gasteiger partial charge in [0.1, 0.15) is 0 Å². The normalized spacial score (nSPS) is 23.2. The van der Waals surface area contributed by atoms with Gasteiger partial charge >= 0.3 is 0 Å². The third kappa shape index (κ3) is 3.46. The van der Waals surface area contributed by atoms with E-state index in [0.29, 0.717) is 5.75 Å². The highest BCUT2D eigenvalue weighted by atomic mass is 32.2. The van der Waals surface area contributed by atoms with E-state index in [1.165, 1.54) is 5.56 Å². The van der Waals surface area contributed by atoms with E-state index in [4.69, 9.17) is 0 Å². The number of aryl methyl sites for hydroxylation is 1. The highest BCUT2D eigenvalue weighted by molar-refractivity contribution is 7.91. The van der Waals surface area contributed by atoms with E-state index in [2.05, 4.69) is 24.4 Å². The van der Waals surface area contributed by atoms with Crippen molar-refractivity contribution < 1.29 is 8.42 Å². The average Bonchev–Trinajstić information content (AvgIpc) is 2.28. The average molecular weight is 253 g/mol. The van der Waals surface area contributed by atoms with Crippen molar-refractivity contribution >= 4 is 15.5 Å². The van der Waals surface area contributed by atoms with Crippen molar-refractivity contribution in [1.82, 2.24) is 0 Å². The van der Waals surface area contributed by atoms with Gasteiger partial charge in [-0.3, -0.25) is 0 Å². The van der Waals surface area contributed by atoms with Gasteiger partial charge in [-0.05, 0) is 37.0 Å². The molecule has 4 heteroatoms. The summed E-state index contributed by atoms with van der Waals surface area (Å²) in [6.45, 7) is 2.12. The maximum Gasteiger partial charge on any atom is 0.152 e. The zero-order valence-electron chi connectivity index (χ0n) is 10.1. The zero-order valence-corrected chi connectivity index (χ0v) is 11.0. The molecule has 0 aromatic heterocycles. The van der Waals surface area contributed by atoms with E-state index in [-0.39, 0.29) is 11.8 Å². The molecule has 1 aromatic carbocycles. The molecule has 1 aromatic rings. The topological polar surface area (TPSA) is 46.2 Å². The van der Waals surface area contributed by atoms with Gasteiger partial charge in [0.15, 0.2) is 9.84 Å². The number of anilines is 1. The Morgan fingerprint density at radius 2 is 2.24 bits per heavy atom. The summed E-state index contributed by atoms with van der Waals surface area (Å²) in [6.07, 6.45) is 2.71. The van der Waals surface area contributed by atoms with Crippen molar-refractivity contribution in [2.24, 2.45) is 0 Å². The van der Waals surface area contributed by atoms with Crippen LogP contribution in [0.15, 0.2) is 24.3 Å². The second kappa shape index (κ2) is 5.08. The van der Waals surface area contributed by atoms with Crippen molar-refractivity contribution in [2.75, 3.05) is 16.8 Å². The summed E-state index contributed by atoms with van der Waals surface area (Å²) in [4.78, 5) is 0. The maximum absolute atomic E-state index is 11.5. The molecule has 1 heterocycles. The van der Waals surface area contributed by atoms with E-state index < -0.39 is 9.84 Å². The maximum atomic E-state index is 11.5. The third-order valence-electron chi connectivity index (χ3n) is 3.17. The molecule has 2 rings (SSSR count). The number of nitrogens with one attached hydrogen (secondary N) is 1. The molecule has 3 nitrogen and oxygen atoms in total. The van der Waals surface area contributed by atoms with Crippen LogP contribution in [0.5, 0.6) is 0 Å². The van der Waals surface area contributed by atoms with Gasteiger partial charge in [0.2, 0.25) is 0 Å². The van der Waals surface area contributed by atoms with Crippen LogP contribution in [0.25, 0.3) is 0 Å². The molecule has 1 unspecified atom stereocenters. The third-order valence-corrected chi connectivity index (χ3v) is 4.99. The minimum absolute atomic E-state index is 0.0702. The summed E-state index contributed by atoms with van der Waals surface area (Å²) in [6, 6.07) is 8.27. The van der Waals surface area contributed by atoms with Gasteiger partial charge in [-0.25, -0.2) is 8.42 Å². The van der Waals surface area contributed by atoms with Crippen molar-refractivity contribution in [1.29, 1.82) is 0 Å². The summed E-state index contributed by atoms with van der Waals surface area (Å²) in [5, 5.41) is 3.33. The van der Waals surface area contributed by atoms with Gasteiger partial charge in [-0.15, -0.1) is 0 Å². The van der Waals surface area contributed by atoms with Crippen LogP contribution in [0.4, 0.5) is 5.69 Å². The van der Waals surface area contributed by atoms with Crippen molar-refractivity contribution in [3.05, 3.63) is 29.8 Å². The van der Waals surface area contributed by atoms with Crippen LogP contribution in [0, 0.1) is 0 Å². The molecule has 1 atom stereocenters. The number of rotatable bonds is 3. The molecule has 0 saturated carbocycles. The molecule has 1 aliphatic heterocycles.